The zero-order valence-electron chi connectivity index (χ0n) is 8.35. The zero-order chi connectivity index (χ0) is 13.3. The van der Waals surface area contributed by atoms with Crippen molar-refractivity contribution in [3.05, 3.63) is 37.8 Å². The molecule has 0 spiro atoms. The number of halogens is 3. The van der Waals surface area contributed by atoms with Gasteiger partial charge in [-0.3, -0.25) is 0 Å². The van der Waals surface area contributed by atoms with Crippen molar-refractivity contribution in [2.45, 2.75) is 0 Å². The van der Waals surface area contributed by atoms with Crippen molar-refractivity contribution >= 4 is 60.1 Å². The van der Waals surface area contributed by atoms with E-state index in [4.69, 9.17) is 16.7 Å². The molecule has 18 heavy (non-hydrogen) atoms. The predicted octanol–water partition coefficient (Wildman–Crippen LogP) is 3.69. The van der Waals surface area contributed by atoms with Crippen LogP contribution in [0.2, 0.25) is 5.15 Å². The molecular formula is C9H3BrClFN2O2S2. The first-order chi connectivity index (χ1) is 8.49. The summed E-state index contributed by atoms with van der Waals surface area (Å²) < 4.78 is 17.7. The Morgan fingerprint density at radius 1 is 1.56 bits per heavy atom. The predicted molar refractivity (Wildman–Crippen MR) is 71.3 cm³/mol. The fourth-order valence-electron chi connectivity index (χ4n) is 1.15. The quantitative estimate of drug-likeness (QED) is 0.821. The van der Waals surface area contributed by atoms with Gasteiger partial charge in [0.1, 0.15) is 5.82 Å². The summed E-state index contributed by atoms with van der Waals surface area (Å²) in [4.78, 5) is 15.0. The number of carboxylic acids is 1. The van der Waals surface area contributed by atoms with Gasteiger partial charge in [-0.2, -0.15) is 4.37 Å². The van der Waals surface area contributed by atoms with Crippen LogP contribution in [0.25, 0.3) is 0 Å². The maximum Gasteiger partial charge on any atom is 0.337 e. The second-order valence-electron chi connectivity index (χ2n) is 3.05. The Labute approximate surface area is 121 Å². The van der Waals surface area contributed by atoms with Gasteiger partial charge in [-0.05, 0) is 32.3 Å². The van der Waals surface area contributed by atoms with Crippen molar-refractivity contribution < 1.29 is 14.3 Å². The van der Waals surface area contributed by atoms with E-state index < -0.39 is 11.8 Å². The van der Waals surface area contributed by atoms with Crippen molar-refractivity contribution in [1.82, 2.24) is 4.37 Å². The highest BCUT2D eigenvalue weighted by molar-refractivity contribution is 9.10. The molecule has 0 fully saturated rings. The second-order valence-corrected chi connectivity index (χ2v) is 6.03. The normalized spacial score (nSPS) is 11.8. The van der Waals surface area contributed by atoms with Crippen molar-refractivity contribution in [2.75, 3.05) is 0 Å². The van der Waals surface area contributed by atoms with Gasteiger partial charge in [-0.15, -0.1) is 0 Å². The Bertz CT molecular complexity index is 685. The minimum Gasteiger partial charge on any atom is -0.478 e. The maximum absolute atomic E-state index is 13.3. The monoisotopic (exact) mass is 368 g/mol. The van der Waals surface area contributed by atoms with E-state index in [-0.39, 0.29) is 20.9 Å². The smallest absolute Gasteiger partial charge is 0.337 e. The SMILES string of the molecule is O=C(O)c1cc(F)cc(N=c2ssnc2Cl)c1Br. The molecule has 9 heteroatoms. The van der Waals surface area contributed by atoms with Gasteiger partial charge >= 0.3 is 5.97 Å². The summed E-state index contributed by atoms with van der Waals surface area (Å²) in [5.74, 6) is -1.92. The molecule has 1 heterocycles. The number of benzene rings is 1. The van der Waals surface area contributed by atoms with E-state index in [0.717, 1.165) is 22.7 Å². The molecule has 0 atom stereocenters. The molecule has 0 radical (unpaired) electrons. The lowest BCUT2D eigenvalue weighted by Crippen LogP contribution is -2.00. The summed E-state index contributed by atoms with van der Waals surface area (Å²) in [5, 5.41) is 9.13. The largest absolute Gasteiger partial charge is 0.478 e. The molecule has 0 saturated heterocycles. The van der Waals surface area contributed by atoms with Gasteiger partial charge in [0, 0.05) is 16.6 Å². The van der Waals surface area contributed by atoms with Gasteiger partial charge < -0.3 is 5.11 Å². The number of rotatable bonds is 2. The van der Waals surface area contributed by atoms with E-state index in [1.54, 1.807) is 0 Å². The molecule has 1 aromatic carbocycles. The fourth-order valence-corrected chi connectivity index (χ4v) is 3.62. The van der Waals surface area contributed by atoms with Crippen LogP contribution in [0.15, 0.2) is 21.6 Å². The summed E-state index contributed by atoms with van der Waals surface area (Å²) >= 11 is 8.86. The van der Waals surface area contributed by atoms with E-state index in [0.29, 0.717) is 4.67 Å². The molecule has 0 aliphatic heterocycles. The van der Waals surface area contributed by atoms with Gasteiger partial charge in [0.05, 0.1) is 15.7 Å². The Balaban J connectivity index is 2.66. The number of aromatic carboxylic acids is 1. The van der Waals surface area contributed by atoms with Gasteiger partial charge in [0.25, 0.3) is 0 Å². The van der Waals surface area contributed by atoms with Crippen LogP contribution in [0, 0.1) is 5.82 Å². The molecule has 2 rings (SSSR count). The van der Waals surface area contributed by atoms with Crippen LogP contribution < -0.4 is 4.67 Å². The van der Waals surface area contributed by atoms with Crippen LogP contribution in [0.3, 0.4) is 0 Å². The Hall–Kier alpha value is -0.830. The molecule has 94 valence electrons. The molecule has 0 aliphatic rings. The molecule has 2 aromatic rings. The molecule has 0 unspecified atom stereocenters. The van der Waals surface area contributed by atoms with Crippen LogP contribution in [0.5, 0.6) is 0 Å². The third-order valence-corrected chi connectivity index (χ3v) is 4.88. The van der Waals surface area contributed by atoms with E-state index >= 15 is 0 Å². The molecule has 1 N–H and O–H groups in total. The van der Waals surface area contributed by atoms with Gasteiger partial charge in [-0.25, -0.2) is 14.2 Å². The summed E-state index contributed by atoms with van der Waals surface area (Å²) in [5.41, 5.74) is -0.0381. The van der Waals surface area contributed by atoms with Crippen LogP contribution >= 0.6 is 48.4 Å². The standard InChI is InChI=1S/C9H3BrClFN2O2S2/c10-6-4(9(15)16)1-3(12)2-5(6)13-8-7(11)14-18-17-8/h1-2H,(H,15,16). The van der Waals surface area contributed by atoms with Gasteiger partial charge in [-0.1, -0.05) is 11.6 Å². The molecule has 0 aliphatic carbocycles. The summed E-state index contributed by atoms with van der Waals surface area (Å²) in [6.07, 6.45) is 0. The van der Waals surface area contributed by atoms with Crippen molar-refractivity contribution in [3.8, 4) is 0 Å². The maximum atomic E-state index is 13.3. The first kappa shape index (κ1) is 13.6. The molecule has 4 nitrogen and oxygen atoms in total. The van der Waals surface area contributed by atoms with Crippen molar-refractivity contribution in [2.24, 2.45) is 4.99 Å². The van der Waals surface area contributed by atoms with Crippen LogP contribution in [0.1, 0.15) is 10.4 Å². The molecule has 0 bridgehead atoms. The van der Waals surface area contributed by atoms with E-state index in [9.17, 15) is 9.18 Å². The van der Waals surface area contributed by atoms with Crippen LogP contribution in [-0.2, 0) is 0 Å². The first-order valence-corrected chi connectivity index (χ1v) is 7.65. The zero-order valence-corrected chi connectivity index (χ0v) is 12.3. The van der Waals surface area contributed by atoms with Crippen molar-refractivity contribution in [1.29, 1.82) is 0 Å². The number of hydrogen-bond acceptors (Lipinski definition) is 5. The van der Waals surface area contributed by atoms with Crippen LogP contribution in [-0.4, -0.2) is 15.4 Å². The Morgan fingerprint density at radius 2 is 2.28 bits per heavy atom. The summed E-state index contributed by atoms with van der Waals surface area (Å²) in [7, 11) is 2.36. The summed E-state index contributed by atoms with van der Waals surface area (Å²) in [6.45, 7) is 0. The van der Waals surface area contributed by atoms with Crippen molar-refractivity contribution in [3.63, 3.8) is 0 Å². The Kier molecular flexibility index (Phi) is 4.10. The molecule has 0 amide bonds. The van der Waals surface area contributed by atoms with E-state index in [1.807, 2.05) is 0 Å². The minimum absolute atomic E-state index is 0.158. The topological polar surface area (TPSA) is 62.5 Å². The summed E-state index contributed by atoms with van der Waals surface area (Å²) in [6, 6.07) is 2.04. The number of hydrogen-bond donors (Lipinski definition) is 1. The second kappa shape index (κ2) is 5.43. The lowest BCUT2D eigenvalue weighted by molar-refractivity contribution is 0.0695. The van der Waals surface area contributed by atoms with Crippen LogP contribution in [0.4, 0.5) is 10.1 Å². The highest BCUT2D eigenvalue weighted by Gasteiger charge is 2.14. The number of carboxylic acid groups (broad SMARTS) is 1. The Morgan fingerprint density at radius 3 is 2.83 bits per heavy atom. The average molecular weight is 370 g/mol. The molecular weight excluding hydrogens is 367 g/mol. The van der Waals surface area contributed by atoms with E-state index in [1.165, 1.54) is 10.3 Å². The van der Waals surface area contributed by atoms with Gasteiger partial charge in [0.15, 0.2) is 9.82 Å². The highest BCUT2D eigenvalue weighted by atomic mass is 79.9. The highest BCUT2D eigenvalue weighted by Crippen LogP contribution is 2.30. The van der Waals surface area contributed by atoms with Gasteiger partial charge in [0.2, 0.25) is 0 Å². The lowest BCUT2D eigenvalue weighted by atomic mass is 10.2. The van der Waals surface area contributed by atoms with E-state index in [2.05, 4.69) is 25.3 Å². The number of carbonyl (C=O) groups is 1. The number of aromatic nitrogens is 1. The molecule has 0 saturated carbocycles. The third-order valence-electron chi connectivity index (χ3n) is 1.88. The molecule has 1 aromatic heterocycles. The lowest BCUT2D eigenvalue weighted by Gasteiger charge is -2.02. The third kappa shape index (κ3) is 2.77. The first-order valence-electron chi connectivity index (χ1n) is 4.37. The average Bonchev–Trinajstić information content (AvgIpc) is 2.69. The number of nitrogens with zero attached hydrogens (tertiary/aromatic N) is 2. The minimum atomic E-state index is -1.24. The fraction of sp³-hybridized carbons (Fsp3) is 0.